The van der Waals surface area contributed by atoms with E-state index >= 15 is 0 Å². The lowest BCUT2D eigenvalue weighted by molar-refractivity contribution is -0.138. The van der Waals surface area contributed by atoms with Crippen molar-refractivity contribution >= 4 is 33.7 Å². The number of aromatic nitrogens is 1. The van der Waals surface area contributed by atoms with Gasteiger partial charge in [0.15, 0.2) is 0 Å². The zero-order valence-electron chi connectivity index (χ0n) is 15.4. The molecule has 3 rings (SSSR count). The second-order valence-corrected chi connectivity index (χ2v) is 7.56. The van der Waals surface area contributed by atoms with Gasteiger partial charge < -0.3 is 9.88 Å². The average Bonchev–Trinajstić information content (AvgIpc) is 3.10. The SMILES string of the molecule is Cc1cc(C(=O)NCCCN2C(=O)CCC2=O)c(C)n1-c1cccc(Br)c1. The van der Waals surface area contributed by atoms with E-state index in [1.807, 2.05) is 48.7 Å². The first kappa shape index (κ1) is 19.4. The summed E-state index contributed by atoms with van der Waals surface area (Å²) in [5.74, 6) is -0.392. The molecule has 2 aromatic rings. The van der Waals surface area contributed by atoms with Crippen molar-refractivity contribution in [2.75, 3.05) is 13.1 Å². The molecule has 142 valence electrons. The van der Waals surface area contributed by atoms with Crippen molar-refractivity contribution < 1.29 is 14.4 Å². The summed E-state index contributed by atoms with van der Waals surface area (Å²) >= 11 is 3.48. The van der Waals surface area contributed by atoms with Crippen LogP contribution < -0.4 is 5.32 Å². The van der Waals surface area contributed by atoms with E-state index < -0.39 is 0 Å². The molecule has 0 saturated carbocycles. The second-order valence-electron chi connectivity index (χ2n) is 6.65. The molecule has 0 aliphatic carbocycles. The van der Waals surface area contributed by atoms with Crippen LogP contribution in [0.25, 0.3) is 5.69 Å². The van der Waals surface area contributed by atoms with Gasteiger partial charge in [0.2, 0.25) is 11.8 Å². The molecule has 0 bridgehead atoms. The van der Waals surface area contributed by atoms with Gasteiger partial charge in [0.1, 0.15) is 0 Å². The molecule has 1 N–H and O–H groups in total. The molecular formula is C20H22BrN3O3. The molecule has 1 fully saturated rings. The molecule has 0 spiro atoms. The van der Waals surface area contributed by atoms with Crippen molar-refractivity contribution in [3.8, 4) is 5.69 Å². The molecule has 0 atom stereocenters. The normalized spacial score (nSPS) is 14.1. The van der Waals surface area contributed by atoms with Gasteiger partial charge in [0, 0.05) is 47.5 Å². The molecule has 1 aromatic heterocycles. The third kappa shape index (κ3) is 4.13. The fraction of sp³-hybridized carbons (Fsp3) is 0.350. The third-order valence-corrected chi connectivity index (χ3v) is 5.23. The van der Waals surface area contributed by atoms with Gasteiger partial charge in [-0.05, 0) is 44.5 Å². The molecule has 1 aromatic carbocycles. The van der Waals surface area contributed by atoms with Crippen LogP contribution in [0.4, 0.5) is 0 Å². The first-order chi connectivity index (χ1) is 12.9. The first-order valence-corrected chi connectivity index (χ1v) is 9.74. The summed E-state index contributed by atoms with van der Waals surface area (Å²) in [5.41, 5.74) is 3.46. The number of imide groups is 1. The Labute approximate surface area is 166 Å². The van der Waals surface area contributed by atoms with Crippen molar-refractivity contribution in [1.29, 1.82) is 0 Å². The monoisotopic (exact) mass is 431 g/mol. The summed E-state index contributed by atoms with van der Waals surface area (Å²) in [6, 6.07) is 9.79. The highest BCUT2D eigenvalue weighted by molar-refractivity contribution is 9.10. The second kappa shape index (κ2) is 8.08. The molecule has 1 aliphatic heterocycles. The standard InChI is InChI=1S/C20H22BrN3O3/c1-13-11-17(14(2)24(13)16-6-3-5-15(21)12-16)20(27)22-9-4-10-23-18(25)7-8-19(23)26/h3,5-6,11-12H,4,7-10H2,1-2H3,(H,22,27). The van der Waals surface area contributed by atoms with Crippen LogP contribution in [0.5, 0.6) is 0 Å². The lowest BCUT2D eigenvalue weighted by Crippen LogP contribution is -2.33. The van der Waals surface area contributed by atoms with Gasteiger partial charge in [0.05, 0.1) is 5.56 Å². The molecule has 0 unspecified atom stereocenters. The Kier molecular flexibility index (Phi) is 5.79. The largest absolute Gasteiger partial charge is 0.352 e. The fourth-order valence-electron chi connectivity index (χ4n) is 3.41. The van der Waals surface area contributed by atoms with E-state index in [2.05, 4.69) is 21.2 Å². The van der Waals surface area contributed by atoms with Crippen molar-refractivity contribution in [1.82, 2.24) is 14.8 Å². The lowest BCUT2D eigenvalue weighted by atomic mass is 10.2. The zero-order chi connectivity index (χ0) is 19.6. The van der Waals surface area contributed by atoms with Gasteiger partial charge in [-0.1, -0.05) is 22.0 Å². The van der Waals surface area contributed by atoms with Gasteiger partial charge >= 0.3 is 0 Å². The third-order valence-electron chi connectivity index (χ3n) is 4.74. The number of amides is 3. The summed E-state index contributed by atoms with van der Waals surface area (Å²) in [6.07, 6.45) is 1.15. The molecule has 1 aliphatic rings. The minimum absolute atomic E-state index is 0.121. The zero-order valence-corrected chi connectivity index (χ0v) is 17.0. The van der Waals surface area contributed by atoms with Crippen molar-refractivity contribution in [3.63, 3.8) is 0 Å². The molecule has 3 amide bonds. The van der Waals surface area contributed by atoms with Crippen LogP contribution in [0.2, 0.25) is 0 Å². The van der Waals surface area contributed by atoms with E-state index in [9.17, 15) is 14.4 Å². The van der Waals surface area contributed by atoms with E-state index in [0.717, 1.165) is 21.5 Å². The Hall–Kier alpha value is -2.41. The number of rotatable bonds is 6. The molecule has 27 heavy (non-hydrogen) atoms. The number of carbonyl (C=O) groups excluding carboxylic acids is 3. The van der Waals surface area contributed by atoms with Crippen LogP contribution in [0.15, 0.2) is 34.8 Å². The summed E-state index contributed by atoms with van der Waals surface area (Å²) < 4.78 is 3.02. The van der Waals surface area contributed by atoms with E-state index in [4.69, 9.17) is 0 Å². The Balaban J connectivity index is 1.63. The minimum Gasteiger partial charge on any atom is -0.352 e. The topological polar surface area (TPSA) is 71.4 Å². The van der Waals surface area contributed by atoms with Gasteiger partial charge in [-0.2, -0.15) is 0 Å². The molecule has 1 saturated heterocycles. The summed E-state index contributed by atoms with van der Waals surface area (Å²) in [5, 5.41) is 2.89. The predicted octanol–water partition coefficient (Wildman–Crippen LogP) is 3.13. The summed E-state index contributed by atoms with van der Waals surface area (Å²) in [6.45, 7) is 4.66. The van der Waals surface area contributed by atoms with Crippen LogP contribution >= 0.6 is 15.9 Å². The van der Waals surface area contributed by atoms with Crippen molar-refractivity contribution in [2.24, 2.45) is 0 Å². The lowest BCUT2D eigenvalue weighted by Gasteiger charge is -2.13. The number of hydrogen-bond acceptors (Lipinski definition) is 3. The highest BCUT2D eigenvalue weighted by Gasteiger charge is 2.28. The number of aryl methyl sites for hydroxylation is 1. The Morgan fingerprint density at radius 3 is 2.52 bits per heavy atom. The van der Waals surface area contributed by atoms with Crippen LogP contribution in [0, 0.1) is 13.8 Å². The first-order valence-electron chi connectivity index (χ1n) is 8.94. The van der Waals surface area contributed by atoms with Gasteiger partial charge in [-0.15, -0.1) is 0 Å². The number of likely N-dealkylation sites (tertiary alicyclic amines) is 1. The highest BCUT2D eigenvalue weighted by Crippen LogP contribution is 2.23. The van der Waals surface area contributed by atoms with E-state index in [-0.39, 0.29) is 17.7 Å². The molecule has 6 nitrogen and oxygen atoms in total. The number of nitrogens with zero attached hydrogens (tertiary/aromatic N) is 2. The van der Waals surface area contributed by atoms with Crippen LogP contribution in [0.1, 0.15) is 41.0 Å². The maximum Gasteiger partial charge on any atom is 0.253 e. The van der Waals surface area contributed by atoms with Crippen molar-refractivity contribution in [2.45, 2.75) is 33.1 Å². The Morgan fingerprint density at radius 1 is 1.15 bits per heavy atom. The fourth-order valence-corrected chi connectivity index (χ4v) is 3.80. The highest BCUT2D eigenvalue weighted by atomic mass is 79.9. The molecule has 7 heteroatoms. The van der Waals surface area contributed by atoms with Gasteiger partial charge in [-0.3, -0.25) is 19.3 Å². The summed E-state index contributed by atoms with van der Waals surface area (Å²) in [7, 11) is 0. The molecular weight excluding hydrogens is 410 g/mol. The van der Waals surface area contributed by atoms with Crippen LogP contribution in [-0.2, 0) is 9.59 Å². The number of hydrogen-bond donors (Lipinski definition) is 1. The maximum absolute atomic E-state index is 12.6. The summed E-state index contributed by atoms with van der Waals surface area (Å²) in [4.78, 5) is 37.0. The number of carbonyl (C=O) groups is 3. The molecule has 0 radical (unpaired) electrons. The maximum atomic E-state index is 12.6. The van der Waals surface area contributed by atoms with Gasteiger partial charge in [0.25, 0.3) is 5.91 Å². The van der Waals surface area contributed by atoms with E-state index in [1.165, 1.54) is 4.90 Å². The van der Waals surface area contributed by atoms with Crippen LogP contribution in [0.3, 0.4) is 0 Å². The number of halogens is 1. The smallest absolute Gasteiger partial charge is 0.253 e. The van der Waals surface area contributed by atoms with Gasteiger partial charge in [-0.25, -0.2) is 0 Å². The Bertz CT molecular complexity index is 888. The predicted molar refractivity (Wildman–Crippen MR) is 106 cm³/mol. The quantitative estimate of drug-likeness (QED) is 0.563. The number of nitrogens with one attached hydrogen (secondary N) is 1. The minimum atomic E-state index is -0.150. The Morgan fingerprint density at radius 2 is 1.85 bits per heavy atom. The number of benzene rings is 1. The van der Waals surface area contributed by atoms with E-state index in [0.29, 0.717) is 37.9 Å². The molecule has 2 heterocycles. The average molecular weight is 432 g/mol. The van der Waals surface area contributed by atoms with E-state index in [1.54, 1.807) is 0 Å². The van der Waals surface area contributed by atoms with Crippen LogP contribution in [-0.4, -0.2) is 40.3 Å². The van der Waals surface area contributed by atoms with Crippen molar-refractivity contribution in [3.05, 3.63) is 51.8 Å².